The van der Waals surface area contributed by atoms with Crippen molar-refractivity contribution in [3.8, 4) is 11.1 Å². The SMILES string of the molecule is O=C(N[C@H](CO)C(C(F)(F)F)C(F)(F)F)OCC1c2ccccc2-c2ccccc21. The van der Waals surface area contributed by atoms with Crippen molar-refractivity contribution < 1.29 is 41.0 Å². The minimum atomic E-state index is -5.71. The third-order valence-electron chi connectivity index (χ3n) is 4.95. The van der Waals surface area contributed by atoms with Crippen LogP contribution in [0.15, 0.2) is 48.5 Å². The molecule has 162 valence electrons. The van der Waals surface area contributed by atoms with Gasteiger partial charge in [0.25, 0.3) is 0 Å². The molecule has 2 aromatic carbocycles. The van der Waals surface area contributed by atoms with Crippen LogP contribution in [0.1, 0.15) is 17.0 Å². The quantitative estimate of drug-likeness (QED) is 0.677. The summed E-state index contributed by atoms with van der Waals surface area (Å²) >= 11 is 0. The summed E-state index contributed by atoms with van der Waals surface area (Å²) in [6.45, 7) is -1.85. The fraction of sp³-hybridized carbons (Fsp3) is 0.350. The maximum absolute atomic E-state index is 12.8. The summed E-state index contributed by atoms with van der Waals surface area (Å²) < 4.78 is 82.0. The van der Waals surface area contributed by atoms with Crippen LogP contribution in [0.3, 0.4) is 0 Å². The van der Waals surface area contributed by atoms with Gasteiger partial charge in [-0.15, -0.1) is 0 Å². The number of aliphatic hydroxyl groups is 1. The summed E-state index contributed by atoms with van der Waals surface area (Å²) in [5.74, 6) is -4.34. The van der Waals surface area contributed by atoms with Gasteiger partial charge < -0.3 is 15.2 Å². The predicted octanol–water partition coefficient (Wildman–Crippen LogP) is 4.63. The Balaban J connectivity index is 1.73. The van der Waals surface area contributed by atoms with Crippen molar-refractivity contribution in [2.24, 2.45) is 5.92 Å². The molecule has 0 fully saturated rings. The molecule has 0 spiro atoms. The zero-order chi connectivity index (χ0) is 22.1. The van der Waals surface area contributed by atoms with E-state index in [0.29, 0.717) is 0 Å². The van der Waals surface area contributed by atoms with Crippen molar-refractivity contribution in [3.05, 3.63) is 59.7 Å². The van der Waals surface area contributed by atoms with Gasteiger partial charge in [-0.05, 0) is 22.3 Å². The molecule has 1 aliphatic carbocycles. The van der Waals surface area contributed by atoms with Gasteiger partial charge in [0.05, 0.1) is 12.6 Å². The number of carbonyl (C=O) groups is 1. The van der Waals surface area contributed by atoms with Crippen LogP contribution in [-0.2, 0) is 4.74 Å². The molecule has 2 N–H and O–H groups in total. The Morgan fingerprint density at radius 2 is 1.40 bits per heavy atom. The van der Waals surface area contributed by atoms with Crippen molar-refractivity contribution in [2.45, 2.75) is 24.3 Å². The average molecular weight is 433 g/mol. The lowest BCUT2D eigenvalue weighted by Gasteiger charge is -2.29. The number of hydrogen-bond acceptors (Lipinski definition) is 3. The third-order valence-corrected chi connectivity index (χ3v) is 4.95. The van der Waals surface area contributed by atoms with Gasteiger partial charge in [0.2, 0.25) is 0 Å². The molecule has 0 aromatic heterocycles. The molecular weight excluding hydrogens is 416 g/mol. The first-order valence-corrected chi connectivity index (χ1v) is 8.89. The van der Waals surface area contributed by atoms with Crippen LogP contribution in [0.25, 0.3) is 11.1 Å². The fourth-order valence-corrected chi connectivity index (χ4v) is 3.67. The number of amides is 1. The van der Waals surface area contributed by atoms with Crippen molar-refractivity contribution in [1.29, 1.82) is 0 Å². The summed E-state index contributed by atoms with van der Waals surface area (Å²) in [4.78, 5) is 12.0. The van der Waals surface area contributed by atoms with E-state index in [2.05, 4.69) is 0 Å². The predicted molar refractivity (Wildman–Crippen MR) is 94.7 cm³/mol. The first-order valence-electron chi connectivity index (χ1n) is 8.89. The molecule has 2 aromatic rings. The summed E-state index contributed by atoms with van der Waals surface area (Å²) in [5.41, 5.74) is 3.47. The number of ether oxygens (including phenoxy) is 1. The highest BCUT2D eigenvalue weighted by atomic mass is 19.4. The maximum Gasteiger partial charge on any atom is 0.407 e. The monoisotopic (exact) mass is 433 g/mol. The molecular formula is C20H17F6NO3. The number of benzene rings is 2. The lowest BCUT2D eigenvalue weighted by Crippen LogP contribution is -2.54. The molecule has 30 heavy (non-hydrogen) atoms. The number of halogens is 6. The zero-order valence-corrected chi connectivity index (χ0v) is 15.3. The Morgan fingerprint density at radius 1 is 0.933 bits per heavy atom. The van der Waals surface area contributed by atoms with Crippen molar-refractivity contribution >= 4 is 6.09 Å². The molecule has 0 saturated carbocycles. The second-order valence-electron chi connectivity index (χ2n) is 6.82. The Hall–Kier alpha value is -2.75. The van der Waals surface area contributed by atoms with E-state index in [1.54, 1.807) is 24.3 Å². The van der Waals surface area contributed by atoms with E-state index in [0.717, 1.165) is 22.3 Å². The molecule has 0 radical (unpaired) electrons. The number of alkyl carbamates (subject to hydrolysis) is 1. The molecule has 0 unspecified atom stereocenters. The second kappa shape index (κ2) is 8.17. The molecule has 0 bridgehead atoms. The van der Waals surface area contributed by atoms with E-state index < -0.39 is 42.9 Å². The number of aliphatic hydroxyl groups excluding tert-OH is 1. The lowest BCUT2D eigenvalue weighted by molar-refractivity contribution is -0.292. The maximum atomic E-state index is 12.8. The molecule has 3 rings (SSSR count). The van der Waals surface area contributed by atoms with Gasteiger partial charge >= 0.3 is 18.4 Å². The number of hydrogen-bond donors (Lipinski definition) is 2. The van der Waals surface area contributed by atoms with Gasteiger partial charge in [-0.25, -0.2) is 4.79 Å². The van der Waals surface area contributed by atoms with Gasteiger partial charge in [-0.2, -0.15) is 26.3 Å². The summed E-state index contributed by atoms with van der Waals surface area (Å²) in [6.07, 6.45) is -12.9. The Morgan fingerprint density at radius 3 is 1.83 bits per heavy atom. The molecule has 1 amide bonds. The highest BCUT2D eigenvalue weighted by molar-refractivity contribution is 5.79. The minimum Gasteiger partial charge on any atom is -0.449 e. The van der Waals surface area contributed by atoms with E-state index in [4.69, 9.17) is 9.84 Å². The van der Waals surface area contributed by atoms with Crippen LogP contribution >= 0.6 is 0 Å². The summed E-state index contributed by atoms with van der Waals surface area (Å²) in [6, 6.07) is 11.9. The second-order valence-corrected chi connectivity index (χ2v) is 6.82. The van der Waals surface area contributed by atoms with E-state index in [1.165, 1.54) is 5.32 Å². The first-order chi connectivity index (χ1) is 14.0. The van der Waals surface area contributed by atoms with Crippen LogP contribution in [0.5, 0.6) is 0 Å². The van der Waals surface area contributed by atoms with Crippen LogP contribution in [0.4, 0.5) is 31.1 Å². The fourth-order valence-electron chi connectivity index (χ4n) is 3.67. The van der Waals surface area contributed by atoms with E-state index in [9.17, 15) is 31.1 Å². The number of fused-ring (bicyclic) bond motifs is 3. The third kappa shape index (κ3) is 4.38. The van der Waals surface area contributed by atoms with E-state index in [-0.39, 0.29) is 6.61 Å². The Kier molecular flexibility index (Phi) is 5.98. The van der Waals surface area contributed by atoms with Crippen molar-refractivity contribution in [3.63, 3.8) is 0 Å². The van der Waals surface area contributed by atoms with Gasteiger partial charge in [-0.3, -0.25) is 0 Å². The standard InChI is InChI=1S/C20H17F6NO3/c21-19(22,23)17(20(24,25)26)16(9-28)27-18(29)30-10-15-13-7-3-1-5-11(13)12-6-2-4-8-14(12)15/h1-8,15-17,28H,9-10H2,(H,27,29)/t16-/m1/s1. The first kappa shape index (κ1) is 21.9. The van der Waals surface area contributed by atoms with Crippen LogP contribution in [-0.4, -0.2) is 42.8 Å². The minimum absolute atomic E-state index is 0.291. The van der Waals surface area contributed by atoms with Crippen molar-refractivity contribution in [2.75, 3.05) is 13.2 Å². The summed E-state index contributed by atoms with van der Waals surface area (Å²) in [7, 11) is 0. The van der Waals surface area contributed by atoms with Gasteiger partial charge in [-0.1, -0.05) is 48.5 Å². The van der Waals surface area contributed by atoms with E-state index in [1.807, 2.05) is 24.3 Å². The molecule has 1 atom stereocenters. The molecule has 0 heterocycles. The van der Waals surface area contributed by atoms with Crippen molar-refractivity contribution in [1.82, 2.24) is 5.32 Å². The summed E-state index contributed by atoms with van der Waals surface area (Å²) in [5, 5.41) is 10.5. The van der Waals surface area contributed by atoms with Gasteiger partial charge in [0, 0.05) is 5.92 Å². The highest BCUT2D eigenvalue weighted by Crippen LogP contribution is 2.45. The zero-order valence-electron chi connectivity index (χ0n) is 15.3. The van der Waals surface area contributed by atoms with Gasteiger partial charge in [0.15, 0.2) is 5.92 Å². The van der Waals surface area contributed by atoms with Crippen LogP contribution < -0.4 is 5.32 Å². The van der Waals surface area contributed by atoms with Crippen LogP contribution in [0.2, 0.25) is 0 Å². The number of nitrogens with one attached hydrogen (secondary N) is 1. The largest absolute Gasteiger partial charge is 0.449 e. The van der Waals surface area contributed by atoms with E-state index >= 15 is 0 Å². The molecule has 0 saturated heterocycles. The number of alkyl halides is 6. The Labute approximate surface area is 167 Å². The van der Waals surface area contributed by atoms with Crippen LogP contribution in [0, 0.1) is 5.92 Å². The normalized spacial score (nSPS) is 14.9. The topological polar surface area (TPSA) is 58.6 Å². The average Bonchev–Trinajstić information content (AvgIpc) is 2.97. The smallest absolute Gasteiger partial charge is 0.407 e. The molecule has 1 aliphatic rings. The Bertz CT molecular complexity index is 852. The number of carbonyl (C=O) groups excluding carboxylic acids is 1. The number of rotatable bonds is 5. The highest BCUT2D eigenvalue weighted by Gasteiger charge is 2.60. The lowest BCUT2D eigenvalue weighted by atomic mass is 9.98. The molecule has 0 aliphatic heterocycles. The molecule has 10 heteroatoms. The molecule has 4 nitrogen and oxygen atoms in total. The van der Waals surface area contributed by atoms with Gasteiger partial charge in [0.1, 0.15) is 6.61 Å².